The van der Waals surface area contributed by atoms with E-state index in [4.69, 9.17) is 11.6 Å². The van der Waals surface area contributed by atoms with Gasteiger partial charge in [-0.3, -0.25) is 9.47 Å². The van der Waals surface area contributed by atoms with Crippen LogP contribution in [0.25, 0.3) is 5.69 Å². The van der Waals surface area contributed by atoms with Crippen LogP contribution >= 0.6 is 11.6 Å². The number of piperidine rings is 1. The molecule has 1 aromatic carbocycles. The highest BCUT2D eigenvalue weighted by atomic mass is 35.5. The van der Waals surface area contributed by atoms with Crippen molar-refractivity contribution in [2.45, 2.75) is 57.2 Å². The molecule has 0 amide bonds. The summed E-state index contributed by atoms with van der Waals surface area (Å²) in [6, 6.07) is 6.81. The van der Waals surface area contributed by atoms with Gasteiger partial charge in [-0.1, -0.05) is 11.6 Å². The van der Waals surface area contributed by atoms with E-state index in [-0.39, 0.29) is 12.3 Å². The molecular formula is C23H24ClF2N7. The summed E-state index contributed by atoms with van der Waals surface area (Å²) >= 11 is 6.28. The van der Waals surface area contributed by atoms with Crippen LogP contribution in [-0.2, 0) is 13.1 Å². The Labute approximate surface area is 195 Å². The highest BCUT2D eigenvalue weighted by Gasteiger charge is 2.60. The lowest BCUT2D eigenvalue weighted by molar-refractivity contribution is 0.0663. The quantitative estimate of drug-likeness (QED) is 0.572. The van der Waals surface area contributed by atoms with Crippen LogP contribution in [0.2, 0.25) is 5.02 Å². The van der Waals surface area contributed by atoms with Gasteiger partial charge in [0.25, 0.3) is 5.92 Å². The van der Waals surface area contributed by atoms with E-state index in [0.29, 0.717) is 23.9 Å². The SMILES string of the molecule is Cc1ccnc(N2CCC(c3nnc4n3-c3ccc(Cl)cc3CN(C3CC3(F)F)C4)CC2)n1. The summed E-state index contributed by atoms with van der Waals surface area (Å²) in [5.41, 5.74) is 2.81. The van der Waals surface area contributed by atoms with E-state index in [1.165, 1.54) is 0 Å². The zero-order valence-corrected chi connectivity index (χ0v) is 19.0. The predicted octanol–water partition coefficient (Wildman–Crippen LogP) is 4.13. The standard InChI is InChI=1S/C23H24ClF2N7/c1-14-4-7-27-22(28-14)31-8-5-15(6-9-31)21-30-29-20-13-32(19-11-23(19,25)26)12-16-10-17(24)2-3-18(16)33(20)21/h2-4,7,10,15,19H,5-6,8-9,11-13H2,1H3. The lowest BCUT2D eigenvalue weighted by Crippen LogP contribution is -2.35. The van der Waals surface area contributed by atoms with Gasteiger partial charge in [-0.15, -0.1) is 10.2 Å². The lowest BCUT2D eigenvalue weighted by Gasteiger charge is -2.31. The van der Waals surface area contributed by atoms with E-state index >= 15 is 0 Å². The monoisotopic (exact) mass is 471 g/mol. The maximum Gasteiger partial charge on any atom is 0.265 e. The summed E-state index contributed by atoms with van der Waals surface area (Å²) in [4.78, 5) is 13.0. The lowest BCUT2D eigenvalue weighted by atomic mass is 9.95. The van der Waals surface area contributed by atoms with Crippen molar-refractivity contribution < 1.29 is 8.78 Å². The second kappa shape index (κ2) is 7.70. The van der Waals surface area contributed by atoms with Crippen LogP contribution in [0.4, 0.5) is 14.7 Å². The fourth-order valence-corrected chi connectivity index (χ4v) is 5.25. The number of anilines is 1. The van der Waals surface area contributed by atoms with Gasteiger partial charge in [0, 0.05) is 48.9 Å². The Kier molecular flexibility index (Phi) is 4.88. The summed E-state index contributed by atoms with van der Waals surface area (Å²) in [5, 5.41) is 9.63. The fourth-order valence-electron chi connectivity index (χ4n) is 5.06. The van der Waals surface area contributed by atoms with Crippen LogP contribution in [-0.4, -0.2) is 54.7 Å². The molecule has 2 aromatic heterocycles. The van der Waals surface area contributed by atoms with Crippen molar-refractivity contribution in [1.82, 2.24) is 29.6 Å². The number of fused-ring (bicyclic) bond motifs is 3. The Bertz CT molecular complexity index is 1210. The first-order chi connectivity index (χ1) is 15.9. The molecule has 1 saturated heterocycles. The van der Waals surface area contributed by atoms with Gasteiger partial charge in [0.1, 0.15) is 5.82 Å². The van der Waals surface area contributed by atoms with Crippen molar-refractivity contribution in [3.8, 4) is 5.69 Å². The van der Waals surface area contributed by atoms with E-state index < -0.39 is 12.0 Å². The molecule has 172 valence electrons. The van der Waals surface area contributed by atoms with Crippen LogP contribution in [0.15, 0.2) is 30.5 Å². The summed E-state index contributed by atoms with van der Waals surface area (Å²) in [7, 11) is 0. The molecule has 2 aliphatic heterocycles. The third kappa shape index (κ3) is 3.77. The third-order valence-corrected chi connectivity index (χ3v) is 7.15. The van der Waals surface area contributed by atoms with Gasteiger partial charge in [0.05, 0.1) is 18.3 Å². The molecule has 0 spiro atoms. The normalized spacial score (nSPS) is 22.5. The summed E-state index contributed by atoms with van der Waals surface area (Å²) in [6.07, 6.45) is 3.47. The number of rotatable bonds is 3. The largest absolute Gasteiger partial charge is 0.341 e. The van der Waals surface area contributed by atoms with Crippen molar-refractivity contribution in [3.05, 3.63) is 58.4 Å². The van der Waals surface area contributed by atoms with Gasteiger partial charge >= 0.3 is 0 Å². The van der Waals surface area contributed by atoms with Gasteiger partial charge in [0.15, 0.2) is 5.82 Å². The van der Waals surface area contributed by atoms with Crippen molar-refractivity contribution in [1.29, 1.82) is 0 Å². The smallest absolute Gasteiger partial charge is 0.265 e. The minimum Gasteiger partial charge on any atom is -0.341 e. The molecule has 3 aliphatic rings. The Balaban J connectivity index is 1.30. The fraction of sp³-hybridized carbons (Fsp3) is 0.478. The Hall–Kier alpha value is -2.65. The number of benzene rings is 1. The van der Waals surface area contributed by atoms with Crippen molar-refractivity contribution in [3.63, 3.8) is 0 Å². The highest BCUT2D eigenvalue weighted by Crippen LogP contribution is 2.47. The topological polar surface area (TPSA) is 63.0 Å². The summed E-state index contributed by atoms with van der Waals surface area (Å²) in [5.74, 6) is -0.0677. The number of alkyl halides is 2. The Morgan fingerprint density at radius 2 is 1.88 bits per heavy atom. The number of nitrogens with zero attached hydrogens (tertiary/aromatic N) is 7. The van der Waals surface area contributed by atoms with Crippen molar-refractivity contribution in [2.75, 3.05) is 18.0 Å². The molecule has 7 nitrogen and oxygen atoms in total. The summed E-state index contributed by atoms with van der Waals surface area (Å²) in [6.45, 7) is 4.37. The molecule has 6 rings (SSSR count). The molecule has 2 fully saturated rings. The predicted molar refractivity (Wildman–Crippen MR) is 120 cm³/mol. The van der Waals surface area contributed by atoms with Crippen molar-refractivity contribution in [2.24, 2.45) is 0 Å². The van der Waals surface area contributed by atoms with Gasteiger partial charge in [-0.2, -0.15) is 0 Å². The molecule has 0 radical (unpaired) electrons. The average molecular weight is 472 g/mol. The van der Waals surface area contributed by atoms with Crippen LogP contribution in [0.5, 0.6) is 0 Å². The van der Waals surface area contributed by atoms with Gasteiger partial charge in [0.2, 0.25) is 5.95 Å². The minimum absolute atomic E-state index is 0.108. The molecule has 1 unspecified atom stereocenters. The number of hydrogen-bond donors (Lipinski definition) is 0. The van der Waals surface area contributed by atoms with E-state index in [0.717, 1.165) is 54.6 Å². The minimum atomic E-state index is -2.64. The second-order valence-electron chi connectivity index (χ2n) is 9.23. The average Bonchev–Trinajstić information content (AvgIpc) is 3.30. The number of aromatic nitrogens is 5. The number of aryl methyl sites for hydroxylation is 1. The van der Waals surface area contributed by atoms with Crippen molar-refractivity contribution >= 4 is 17.5 Å². The molecular weight excluding hydrogens is 448 g/mol. The maximum absolute atomic E-state index is 13.9. The molecule has 0 bridgehead atoms. The molecule has 3 aromatic rings. The van der Waals surface area contributed by atoms with E-state index in [1.807, 2.05) is 36.1 Å². The van der Waals surface area contributed by atoms with Crippen LogP contribution in [0.1, 0.15) is 48.1 Å². The molecule has 33 heavy (non-hydrogen) atoms. The highest BCUT2D eigenvalue weighted by molar-refractivity contribution is 6.30. The summed E-state index contributed by atoms with van der Waals surface area (Å²) < 4.78 is 29.9. The van der Waals surface area contributed by atoms with Crippen LogP contribution in [0, 0.1) is 6.92 Å². The van der Waals surface area contributed by atoms with E-state index in [1.54, 1.807) is 6.20 Å². The second-order valence-corrected chi connectivity index (χ2v) is 9.66. The number of hydrogen-bond acceptors (Lipinski definition) is 6. The van der Waals surface area contributed by atoms with E-state index in [2.05, 4.69) is 29.6 Å². The van der Waals surface area contributed by atoms with E-state index in [9.17, 15) is 8.78 Å². The van der Waals surface area contributed by atoms with Gasteiger partial charge in [-0.05, 0) is 49.6 Å². The molecule has 4 heterocycles. The van der Waals surface area contributed by atoms with Crippen LogP contribution < -0.4 is 4.90 Å². The molecule has 10 heteroatoms. The first kappa shape index (κ1) is 20.9. The van der Waals surface area contributed by atoms with Crippen LogP contribution in [0.3, 0.4) is 0 Å². The zero-order valence-electron chi connectivity index (χ0n) is 18.3. The Morgan fingerprint density at radius 3 is 2.61 bits per heavy atom. The third-order valence-electron chi connectivity index (χ3n) is 6.91. The first-order valence-electron chi connectivity index (χ1n) is 11.3. The molecule has 1 saturated carbocycles. The van der Waals surface area contributed by atoms with Gasteiger partial charge < -0.3 is 4.90 Å². The Morgan fingerprint density at radius 1 is 1.09 bits per heavy atom. The number of halogens is 3. The first-order valence-corrected chi connectivity index (χ1v) is 11.7. The molecule has 1 atom stereocenters. The zero-order chi connectivity index (χ0) is 22.7. The maximum atomic E-state index is 13.9. The molecule has 1 aliphatic carbocycles. The molecule has 0 N–H and O–H groups in total. The van der Waals surface area contributed by atoms with Gasteiger partial charge in [-0.25, -0.2) is 18.7 Å².